The zero-order valence-corrected chi connectivity index (χ0v) is 13.5. The van der Waals surface area contributed by atoms with Crippen LogP contribution in [0.1, 0.15) is 11.1 Å². The second kappa shape index (κ2) is 5.93. The van der Waals surface area contributed by atoms with E-state index in [-0.39, 0.29) is 23.1 Å². The van der Waals surface area contributed by atoms with Crippen LogP contribution in [0.2, 0.25) is 5.02 Å². The van der Waals surface area contributed by atoms with E-state index in [1.165, 1.54) is 25.3 Å². The van der Waals surface area contributed by atoms with Crippen molar-refractivity contribution < 1.29 is 14.5 Å². The number of non-ortho nitro benzene ring substituents is 1. The fraction of sp³-hybridized carbons (Fsp3) is 0.125. The van der Waals surface area contributed by atoms with Crippen molar-refractivity contribution in [2.45, 2.75) is 6.92 Å². The molecular formula is C16H12ClN3O4. The molecule has 3 rings (SSSR count). The number of carbonyl (C=O) groups excluding carboxylic acids is 1. The Labute approximate surface area is 142 Å². The Morgan fingerprint density at radius 2 is 2.04 bits per heavy atom. The van der Waals surface area contributed by atoms with Gasteiger partial charge in [-0.25, -0.2) is 4.99 Å². The van der Waals surface area contributed by atoms with Gasteiger partial charge in [-0.1, -0.05) is 11.6 Å². The molecule has 7 nitrogen and oxygen atoms in total. The van der Waals surface area contributed by atoms with Gasteiger partial charge in [0.05, 0.1) is 23.8 Å². The first-order valence-corrected chi connectivity index (χ1v) is 7.32. The third-order valence-electron chi connectivity index (χ3n) is 3.71. The molecule has 8 heteroatoms. The molecule has 0 saturated heterocycles. The average molecular weight is 346 g/mol. The number of nitrogens with zero attached hydrogens (tertiary/aromatic N) is 2. The molecule has 0 saturated carbocycles. The van der Waals surface area contributed by atoms with Crippen LogP contribution in [-0.2, 0) is 4.79 Å². The van der Waals surface area contributed by atoms with Crippen molar-refractivity contribution in [2.24, 2.45) is 4.99 Å². The molecule has 0 radical (unpaired) electrons. The van der Waals surface area contributed by atoms with Crippen molar-refractivity contribution in [3.63, 3.8) is 0 Å². The van der Waals surface area contributed by atoms with Gasteiger partial charge >= 0.3 is 0 Å². The predicted octanol–water partition coefficient (Wildman–Crippen LogP) is 3.64. The number of carbonyl (C=O) groups is 1. The van der Waals surface area contributed by atoms with Gasteiger partial charge in [-0.2, -0.15) is 0 Å². The minimum atomic E-state index is -0.525. The third kappa shape index (κ3) is 2.59. The highest BCUT2D eigenvalue weighted by molar-refractivity contribution is 6.54. The lowest BCUT2D eigenvalue weighted by molar-refractivity contribution is -0.384. The van der Waals surface area contributed by atoms with E-state index >= 15 is 0 Å². The van der Waals surface area contributed by atoms with E-state index in [9.17, 15) is 14.9 Å². The van der Waals surface area contributed by atoms with E-state index in [1.807, 2.05) is 0 Å². The second-order valence-corrected chi connectivity index (χ2v) is 5.53. The molecule has 1 aliphatic rings. The second-order valence-electron chi connectivity index (χ2n) is 5.12. The number of nitrogens with one attached hydrogen (secondary N) is 1. The number of halogens is 1. The summed E-state index contributed by atoms with van der Waals surface area (Å²) in [7, 11) is 1.38. The van der Waals surface area contributed by atoms with Gasteiger partial charge in [0, 0.05) is 16.7 Å². The minimum absolute atomic E-state index is 0.116. The summed E-state index contributed by atoms with van der Waals surface area (Å²) in [6.45, 7) is 1.80. The molecule has 122 valence electrons. The van der Waals surface area contributed by atoms with Crippen LogP contribution >= 0.6 is 11.6 Å². The van der Waals surface area contributed by atoms with Crippen LogP contribution in [-0.4, -0.2) is 23.7 Å². The summed E-state index contributed by atoms with van der Waals surface area (Å²) in [5, 5.41) is 14.1. The number of rotatable bonds is 3. The van der Waals surface area contributed by atoms with Crippen molar-refractivity contribution in [1.82, 2.24) is 0 Å². The highest BCUT2D eigenvalue weighted by Crippen LogP contribution is 2.36. The first-order valence-electron chi connectivity index (χ1n) is 6.94. The van der Waals surface area contributed by atoms with Gasteiger partial charge in [-0.15, -0.1) is 0 Å². The quantitative estimate of drug-likeness (QED) is 0.678. The van der Waals surface area contributed by atoms with E-state index in [1.54, 1.807) is 19.1 Å². The highest BCUT2D eigenvalue weighted by Gasteiger charge is 2.28. The molecule has 1 amide bonds. The van der Waals surface area contributed by atoms with E-state index in [0.717, 1.165) is 5.56 Å². The molecule has 1 heterocycles. The lowest BCUT2D eigenvalue weighted by Crippen LogP contribution is -2.14. The summed E-state index contributed by atoms with van der Waals surface area (Å²) >= 11 is 6.07. The fourth-order valence-electron chi connectivity index (χ4n) is 2.44. The van der Waals surface area contributed by atoms with Crippen LogP contribution in [0.4, 0.5) is 17.1 Å². The molecule has 0 bridgehead atoms. The van der Waals surface area contributed by atoms with Crippen molar-refractivity contribution >= 4 is 40.3 Å². The lowest BCUT2D eigenvalue weighted by atomic mass is 10.1. The zero-order valence-electron chi connectivity index (χ0n) is 12.8. The smallest absolute Gasteiger partial charge is 0.275 e. The Morgan fingerprint density at radius 3 is 2.71 bits per heavy atom. The maximum Gasteiger partial charge on any atom is 0.275 e. The maximum atomic E-state index is 12.2. The van der Waals surface area contributed by atoms with Crippen molar-refractivity contribution in [3.05, 3.63) is 56.6 Å². The number of fused-ring (bicyclic) bond motifs is 1. The van der Waals surface area contributed by atoms with Crippen LogP contribution in [0.15, 0.2) is 35.3 Å². The van der Waals surface area contributed by atoms with Crippen LogP contribution in [0.25, 0.3) is 0 Å². The van der Waals surface area contributed by atoms with Crippen LogP contribution in [0.5, 0.6) is 5.75 Å². The standard InChI is InChI=1S/C16H12ClN3O4/c1-8-11(17)5-4-10-14(8)19-16(21)15(10)18-12-6-3-9(20(22)23)7-13(12)24-2/h3-7H,1-2H3,(H,18,19,21). The van der Waals surface area contributed by atoms with Crippen LogP contribution in [0, 0.1) is 17.0 Å². The van der Waals surface area contributed by atoms with Gasteiger partial charge in [0.15, 0.2) is 5.75 Å². The molecule has 0 spiro atoms. The Kier molecular flexibility index (Phi) is 3.94. The zero-order chi connectivity index (χ0) is 17.4. The molecule has 2 aromatic rings. The first-order chi connectivity index (χ1) is 11.4. The average Bonchev–Trinajstić information content (AvgIpc) is 2.88. The molecule has 0 atom stereocenters. The molecule has 0 fully saturated rings. The molecule has 2 aromatic carbocycles. The van der Waals surface area contributed by atoms with Crippen molar-refractivity contribution in [1.29, 1.82) is 0 Å². The van der Waals surface area contributed by atoms with Gasteiger partial charge in [0.25, 0.3) is 11.6 Å². The van der Waals surface area contributed by atoms with E-state index in [2.05, 4.69) is 10.3 Å². The summed E-state index contributed by atoms with van der Waals surface area (Å²) in [4.78, 5) is 26.9. The number of ether oxygens (including phenoxy) is 1. The summed E-state index contributed by atoms with van der Waals surface area (Å²) in [5.74, 6) is -0.153. The number of nitro benzene ring substituents is 1. The number of nitro groups is 1. The van der Waals surface area contributed by atoms with Gasteiger partial charge in [0.2, 0.25) is 0 Å². The van der Waals surface area contributed by atoms with Gasteiger partial charge in [0.1, 0.15) is 11.4 Å². The minimum Gasteiger partial charge on any atom is -0.494 e. The monoisotopic (exact) mass is 345 g/mol. The first kappa shape index (κ1) is 15.9. The van der Waals surface area contributed by atoms with Crippen molar-refractivity contribution in [3.8, 4) is 5.75 Å². The number of benzene rings is 2. The number of anilines is 1. The van der Waals surface area contributed by atoms with Crippen molar-refractivity contribution in [2.75, 3.05) is 12.4 Å². The summed E-state index contributed by atoms with van der Waals surface area (Å²) in [6, 6.07) is 7.42. The van der Waals surface area contributed by atoms with E-state index in [4.69, 9.17) is 16.3 Å². The van der Waals surface area contributed by atoms with Gasteiger partial charge in [-0.05, 0) is 30.7 Å². The Balaban J connectivity index is 2.12. The normalized spacial score (nSPS) is 14.5. The molecular weight excluding hydrogens is 334 g/mol. The molecule has 1 aliphatic heterocycles. The number of amides is 1. The SMILES string of the molecule is COc1cc([N+](=O)[O-])ccc1N=C1C(=O)Nc2c1ccc(Cl)c2C. The largest absolute Gasteiger partial charge is 0.494 e. The Bertz CT molecular complexity index is 908. The van der Waals surface area contributed by atoms with E-state index in [0.29, 0.717) is 22.0 Å². The Hall–Kier alpha value is -2.93. The Morgan fingerprint density at radius 1 is 1.29 bits per heavy atom. The highest BCUT2D eigenvalue weighted by atomic mass is 35.5. The molecule has 1 N–H and O–H groups in total. The van der Waals surface area contributed by atoms with Gasteiger partial charge in [-0.3, -0.25) is 14.9 Å². The number of aliphatic imine (C=N–C) groups is 1. The lowest BCUT2D eigenvalue weighted by Gasteiger charge is -2.06. The summed E-state index contributed by atoms with van der Waals surface area (Å²) < 4.78 is 5.15. The number of methoxy groups -OCH3 is 1. The van der Waals surface area contributed by atoms with E-state index < -0.39 is 4.92 Å². The summed E-state index contributed by atoms with van der Waals surface area (Å²) in [5.41, 5.74) is 2.41. The van der Waals surface area contributed by atoms with Crippen LogP contribution < -0.4 is 10.1 Å². The number of hydrogen-bond donors (Lipinski definition) is 1. The number of hydrogen-bond acceptors (Lipinski definition) is 5. The molecule has 0 aromatic heterocycles. The third-order valence-corrected chi connectivity index (χ3v) is 4.12. The molecule has 0 aliphatic carbocycles. The predicted molar refractivity (Wildman–Crippen MR) is 90.7 cm³/mol. The van der Waals surface area contributed by atoms with Gasteiger partial charge < -0.3 is 10.1 Å². The van der Waals surface area contributed by atoms with Crippen LogP contribution in [0.3, 0.4) is 0 Å². The maximum absolute atomic E-state index is 12.2. The summed E-state index contributed by atoms with van der Waals surface area (Å²) in [6.07, 6.45) is 0. The topological polar surface area (TPSA) is 93.8 Å². The fourth-order valence-corrected chi connectivity index (χ4v) is 2.60. The molecule has 0 unspecified atom stereocenters. The molecule has 24 heavy (non-hydrogen) atoms.